The number of nitrogens with two attached hydrogens (primary N) is 1. The number of nitrogens with zero attached hydrogens (tertiary/aromatic N) is 1. The lowest BCUT2D eigenvalue weighted by molar-refractivity contribution is -0.124. The fourth-order valence-electron chi connectivity index (χ4n) is 2.50. The lowest BCUT2D eigenvalue weighted by Gasteiger charge is -2.20. The number of carbonyl (C=O) groups is 3. The molecule has 0 radical (unpaired) electrons. The summed E-state index contributed by atoms with van der Waals surface area (Å²) in [6.45, 7) is 3.32. The van der Waals surface area contributed by atoms with Gasteiger partial charge in [-0.2, -0.15) is 5.10 Å². The van der Waals surface area contributed by atoms with Crippen LogP contribution in [0.2, 0.25) is 5.02 Å². The number of carbonyl (C=O) groups excluding carboxylic acids is 3. The smallest absolute Gasteiger partial charge is 0.262 e. The van der Waals surface area contributed by atoms with Crippen molar-refractivity contribution in [2.75, 3.05) is 6.61 Å². The molecule has 8 nitrogen and oxygen atoms in total. The number of hydrazone groups is 1. The van der Waals surface area contributed by atoms with Gasteiger partial charge in [-0.25, -0.2) is 5.43 Å². The summed E-state index contributed by atoms with van der Waals surface area (Å²) in [5.74, 6) is -1.36. The summed E-state index contributed by atoms with van der Waals surface area (Å²) in [6.07, 6.45) is 1.38. The average Bonchev–Trinajstić information content (AvgIpc) is 2.71. The van der Waals surface area contributed by atoms with Crippen molar-refractivity contribution >= 4 is 35.5 Å². The van der Waals surface area contributed by atoms with E-state index in [1.54, 1.807) is 62.4 Å². The van der Waals surface area contributed by atoms with Crippen LogP contribution in [0.5, 0.6) is 5.75 Å². The highest BCUT2D eigenvalue weighted by Gasteiger charge is 2.25. The van der Waals surface area contributed by atoms with E-state index < -0.39 is 23.8 Å². The first kappa shape index (κ1) is 22.9. The minimum Gasteiger partial charge on any atom is -0.483 e. The Morgan fingerprint density at radius 1 is 1.13 bits per heavy atom. The summed E-state index contributed by atoms with van der Waals surface area (Å²) in [4.78, 5) is 35.9. The van der Waals surface area contributed by atoms with Gasteiger partial charge in [-0.1, -0.05) is 49.7 Å². The van der Waals surface area contributed by atoms with Gasteiger partial charge < -0.3 is 15.8 Å². The number of nitrogens with one attached hydrogen (secondary N) is 2. The lowest BCUT2D eigenvalue weighted by Crippen LogP contribution is -2.48. The number of primary amides is 1. The zero-order valence-electron chi connectivity index (χ0n) is 16.6. The van der Waals surface area contributed by atoms with E-state index in [0.717, 1.165) is 0 Å². The van der Waals surface area contributed by atoms with Crippen LogP contribution in [0.15, 0.2) is 53.6 Å². The summed E-state index contributed by atoms with van der Waals surface area (Å²) in [5.41, 5.74) is 8.32. The lowest BCUT2D eigenvalue weighted by atomic mass is 10.0. The fraction of sp³-hybridized carbons (Fsp3) is 0.238. The molecule has 3 amide bonds. The Kier molecular flexibility index (Phi) is 8.37. The van der Waals surface area contributed by atoms with Crippen molar-refractivity contribution in [1.82, 2.24) is 10.7 Å². The monoisotopic (exact) mass is 430 g/mol. The number of amides is 3. The van der Waals surface area contributed by atoms with E-state index in [2.05, 4.69) is 15.8 Å². The van der Waals surface area contributed by atoms with E-state index in [-0.39, 0.29) is 18.1 Å². The van der Waals surface area contributed by atoms with E-state index in [9.17, 15) is 14.4 Å². The van der Waals surface area contributed by atoms with Crippen molar-refractivity contribution in [3.8, 4) is 5.75 Å². The molecule has 0 aliphatic heterocycles. The average molecular weight is 431 g/mol. The number of hydrogen-bond acceptors (Lipinski definition) is 5. The third kappa shape index (κ3) is 6.59. The first-order valence-corrected chi connectivity index (χ1v) is 9.55. The zero-order valence-corrected chi connectivity index (χ0v) is 17.3. The Bertz CT molecular complexity index is 946. The molecular weight excluding hydrogens is 408 g/mol. The highest BCUT2D eigenvalue weighted by Crippen LogP contribution is 2.16. The van der Waals surface area contributed by atoms with Gasteiger partial charge in [0.1, 0.15) is 11.8 Å². The number of rotatable bonds is 9. The standard InChI is InChI=1S/C21H23ClN4O4/c1-13(2)19(25-20(28)15-8-4-5-9-16(15)22)21(29)26-24-11-14-7-3-6-10-17(14)30-12-18(23)27/h3-11,13,19H,12H2,1-2H3,(H2,23,27)(H,25,28)(H,26,29). The molecule has 9 heteroatoms. The van der Waals surface area contributed by atoms with Crippen molar-refractivity contribution in [1.29, 1.82) is 0 Å². The van der Waals surface area contributed by atoms with Crippen molar-refractivity contribution in [3.05, 3.63) is 64.7 Å². The van der Waals surface area contributed by atoms with Gasteiger partial charge in [0, 0.05) is 5.56 Å². The van der Waals surface area contributed by atoms with Gasteiger partial charge in [-0.15, -0.1) is 0 Å². The Hall–Kier alpha value is -3.39. The van der Waals surface area contributed by atoms with E-state index in [1.165, 1.54) is 6.21 Å². The molecule has 1 unspecified atom stereocenters. The minimum atomic E-state index is -0.827. The molecule has 0 fully saturated rings. The number of ether oxygens (including phenoxy) is 1. The van der Waals surface area contributed by atoms with E-state index in [0.29, 0.717) is 16.3 Å². The van der Waals surface area contributed by atoms with Crippen LogP contribution in [0.4, 0.5) is 0 Å². The molecule has 1 atom stereocenters. The van der Waals surface area contributed by atoms with Crippen LogP contribution in [0.3, 0.4) is 0 Å². The first-order chi connectivity index (χ1) is 14.3. The van der Waals surface area contributed by atoms with Gasteiger partial charge in [0.15, 0.2) is 6.61 Å². The molecule has 158 valence electrons. The third-order valence-electron chi connectivity index (χ3n) is 4.02. The third-order valence-corrected chi connectivity index (χ3v) is 4.35. The summed E-state index contributed by atoms with van der Waals surface area (Å²) >= 11 is 6.05. The maximum Gasteiger partial charge on any atom is 0.262 e. The molecule has 2 rings (SSSR count). The second-order valence-corrected chi connectivity index (χ2v) is 7.11. The largest absolute Gasteiger partial charge is 0.483 e. The summed E-state index contributed by atoms with van der Waals surface area (Å²) in [6, 6.07) is 12.6. The topological polar surface area (TPSA) is 123 Å². The summed E-state index contributed by atoms with van der Waals surface area (Å²) < 4.78 is 5.31. The molecule has 0 saturated heterocycles. The van der Waals surface area contributed by atoms with Crippen LogP contribution in [0, 0.1) is 5.92 Å². The Labute approximate surface area is 179 Å². The minimum absolute atomic E-state index is 0.196. The summed E-state index contributed by atoms with van der Waals surface area (Å²) in [7, 11) is 0. The number of hydrogen-bond donors (Lipinski definition) is 3. The van der Waals surface area contributed by atoms with Crippen molar-refractivity contribution in [2.45, 2.75) is 19.9 Å². The van der Waals surface area contributed by atoms with E-state index in [4.69, 9.17) is 22.1 Å². The Morgan fingerprint density at radius 3 is 2.47 bits per heavy atom. The van der Waals surface area contributed by atoms with Gasteiger partial charge in [-0.3, -0.25) is 14.4 Å². The first-order valence-electron chi connectivity index (χ1n) is 9.18. The van der Waals surface area contributed by atoms with Crippen LogP contribution < -0.4 is 21.2 Å². The van der Waals surface area contributed by atoms with Gasteiger partial charge in [0.25, 0.3) is 17.7 Å². The second-order valence-electron chi connectivity index (χ2n) is 6.70. The fourth-order valence-corrected chi connectivity index (χ4v) is 2.72. The van der Waals surface area contributed by atoms with Gasteiger partial charge >= 0.3 is 0 Å². The SMILES string of the molecule is CC(C)C(NC(=O)c1ccccc1Cl)C(=O)NN=Cc1ccccc1OCC(N)=O. The van der Waals surface area contributed by atoms with Crippen molar-refractivity contribution < 1.29 is 19.1 Å². The predicted molar refractivity (Wildman–Crippen MR) is 114 cm³/mol. The molecule has 0 heterocycles. The van der Waals surface area contributed by atoms with Gasteiger partial charge in [-0.05, 0) is 30.2 Å². The van der Waals surface area contributed by atoms with Gasteiger partial charge in [0.05, 0.1) is 16.8 Å². The molecule has 30 heavy (non-hydrogen) atoms. The molecule has 2 aromatic rings. The quantitative estimate of drug-likeness (QED) is 0.416. The van der Waals surface area contributed by atoms with Crippen molar-refractivity contribution in [3.63, 3.8) is 0 Å². The molecule has 0 bridgehead atoms. The number of halogens is 1. The van der Waals surface area contributed by atoms with Crippen LogP contribution in [0.1, 0.15) is 29.8 Å². The highest BCUT2D eigenvalue weighted by molar-refractivity contribution is 6.33. The maximum absolute atomic E-state index is 12.6. The van der Waals surface area contributed by atoms with Gasteiger partial charge in [0.2, 0.25) is 0 Å². The second kappa shape index (κ2) is 11.0. The normalized spacial score (nSPS) is 11.9. The molecule has 0 aromatic heterocycles. The van der Waals surface area contributed by atoms with Crippen LogP contribution in [-0.2, 0) is 9.59 Å². The van der Waals surface area contributed by atoms with Crippen molar-refractivity contribution in [2.24, 2.45) is 16.8 Å². The number of para-hydroxylation sites is 1. The molecule has 4 N–H and O–H groups in total. The molecular formula is C21H23ClN4O4. The van der Waals surface area contributed by atoms with E-state index in [1.807, 2.05) is 0 Å². The molecule has 0 aliphatic carbocycles. The molecule has 0 aliphatic rings. The molecule has 0 spiro atoms. The van der Waals surface area contributed by atoms with Crippen LogP contribution in [0.25, 0.3) is 0 Å². The molecule has 0 saturated carbocycles. The van der Waals surface area contributed by atoms with Crippen LogP contribution in [-0.4, -0.2) is 36.6 Å². The summed E-state index contributed by atoms with van der Waals surface area (Å²) in [5, 5.41) is 6.91. The Morgan fingerprint density at radius 2 is 1.80 bits per heavy atom. The predicted octanol–water partition coefficient (Wildman–Crippen LogP) is 2.11. The van der Waals surface area contributed by atoms with Crippen LogP contribution >= 0.6 is 11.6 Å². The highest BCUT2D eigenvalue weighted by atomic mass is 35.5. The zero-order chi connectivity index (χ0) is 22.1. The number of benzene rings is 2. The Balaban J connectivity index is 2.05. The van der Waals surface area contributed by atoms with E-state index >= 15 is 0 Å². The maximum atomic E-state index is 12.6. The molecule has 2 aromatic carbocycles.